The van der Waals surface area contributed by atoms with Gasteiger partial charge < -0.3 is 10.6 Å². The molecule has 0 aliphatic heterocycles. The predicted octanol–water partition coefficient (Wildman–Crippen LogP) is 4.02. The lowest BCUT2D eigenvalue weighted by atomic mass is 10.1. The Bertz CT molecular complexity index is 803. The third-order valence-electron chi connectivity index (χ3n) is 3.53. The highest BCUT2D eigenvalue weighted by atomic mass is 35.5. The van der Waals surface area contributed by atoms with Gasteiger partial charge in [-0.05, 0) is 48.4 Å². The minimum Gasteiger partial charge on any atom is -0.331 e. The molecule has 0 saturated heterocycles. The SMILES string of the molecule is CCC(NC(=O)Nc1ccc(Cl)cc1)c1ccc(S(C)(=O)=O)cc1. The third kappa shape index (κ3) is 4.97. The van der Waals surface area contributed by atoms with Gasteiger partial charge in [0.15, 0.2) is 9.84 Å². The molecule has 2 amide bonds. The molecule has 1 atom stereocenters. The zero-order chi connectivity index (χ0) is 17.7. The van der Waals surface area contributed by atoms with Crippen LogP contribution >= 0.6 is 11.6 Å². The molecule has 128 valence electrons. The van der Waals surface area contributed by atoms with E-state index in [4.69, 9.17) is 11.6 Å². The molecule has 0 spiro atoms. The standard InChI is InChI=1S/C17H19ClN2O3S/c1-3-16(12-4-10-15(11-5-12)24(2,22)23)20-17(21)19-14-8-6-13(18)7-9-14/h4-11,16H,3H2,1-2H3,(H2,19,20,21). The Balaban J connectivity index is 2.05. The zero-order valence-electron chi connectivity index (χ0n) is 13.4. The van der Waals surface area contributed by atoms with Crippen LogP contribution in [-0.4, -0.2) is 20.7 Å². The average molecular weight is 367 g/mol. The summed E-state index contributed by atoms with van der Waals surface area (Å²) >= 11 is 5.81. The number of carbonyl (C=O) groups excluding carboxylic acids is 1. The Hall–Kier alpha value is -2.05. The van der Waals surface area contributed by atoms with Crippen molar-refractivity contribution >= 4 is 33.2 Å². The first-order valence-corrected chi connectivity index (χ1v) is 9.69. The maximum atomic E-state index is 12.1. The molecule has 2 N–H and O–H groups in total. The predicted molar refractivity (Wildman–Crippen MR) is 96.2 cm³/mol. The normalized spacial score (nSPS) is 12.5. The Morgan fingerprint density at radius 2 is 1.67 bits per heavy atom. The summed E-state index contributed by atoms with van der Waals surface area (Å²) in [5.41, 5.74) is 1.48. The van der Waals surface area contributed by atoms with Gasteiger partial charge >= 0.3 is 6.03 Å². The first-order chi connectivity index (χ1) is 11.3. The molecule has 0 fully saturated rings. The average Bonchev–Trinajstić information content (AvgIpc) is 2.54. The number of amides is 2. The van der Waals surface area contributed by atoms with Crippen molar-refractivity contribution in [1.82, 2.24) is 5.32 Å². The topological polar surface area (TPSA) is 75.3 Å². The summed E-state index contributed by atoms with van der Waals surface area (Å²) in [6.07, 6.45) is 1.84. The van der Waals surface area contributed by atoms with Gasteiger partial charge in [0, 0.05) is 17.0 Å². The van der Waals surface area contributed by atoms with Crippen molar-refractivity contribution in [3.8, 4) is 0 Å². The number of rotatable bonds is 5. The number of hydrogen-bond donors (Lipinski definition) is 2. The van der Waals surface area contributed by atoms with Crippen molar-refractivity contribution in [1.29, 1.82) is 0 Å². The molecule has 0 aliphatic rings. The molecule has 0 heterocycles. The molecular formula is C17H19ClN2O3S. The third-order valence-corrected chi connectivity index (χ3v) is 4.91. The number of carbonyl (C=O) groups is 1. The van der Waals surface area contributed by atoms with Gasteiger partial charge in [-0.3, -0.25) is 0 Å². The molecule has 2 aromatic rings. The van der Waals surface area contributed by atoms with E-state index in [0.717, 1.165) is 11.8 Å². The van der Waals surface area contributed by atoms with E-state index in [0.29, 0.717) is 17.1 Å². The fourth-order valence-electron chi connectivity index (χ4n) is 2.23. The maximum absolute atomic E-state index is 12.1. The molecule has 1 unspecified atom stereocenters. The Morgan fingerprint density at radius 1 is 1.08 bits per heavy atom. The molecule has 24 heavy (non-hydrogen) atoms. The molecule has 2 aromatic carbocycles. The van der Waals surface area contributed by atoms with Crippen molar-refractivity contribution in [2.45, 2.75) is 24.3 Å². The Labute approximate surface area is 147 Å². The molecule has 7 heteroatoms. The van der Waals surface area contributed by atoms with Crippen LogP contribution in [0.4, 0.5) is 10.5 Å². The number of nitrogens with one attached hydrogen (secondary N) is 2. The van der Waals surface area contributed by atoms with E-state index < -0.39 is 9.84 Å². The van der Waals surface area contributed by atoms with Gasteiger partial charge in [-0.1, -0.05) is 30.7 Å². The van der Waals surface area contributed by atoms with Crippen molar-refractivity contribution in [2.24, 2.45) is 0 Å². The number of anilines is 1. The minimum atomic E-state index is -3.23. The van der Waals surface area contributed by atoms with Gasteiger partial charge in [0.05, 0.1) is 10.9 Å². The summed E-state index contributed by atoms with van der Waals surface area (Å²) in [5.74, 6) is 0. The lowest BCUT2D eigenvalue weighted by Crippen LogP contribution is -2.32. The van der Waals surface area contributed by atoms with E-state index in [1.165, 1.54) is 0 Å². The van der Waals surface area contributed by atoms with Gasteiger partial charge in [-0.2, -0.15) is 0 Å². The van der Waals surface area contributed by atoms with E-state index in [2.05, 4.69) is 10.6 Å². The zero-order valence-corrected chi connectivity index (χ0v) is 15.0. The minimum absolute atomic E-state index is 0.217. The van der Waals surface area contributed by atoms with Crippen LogP contribution in [0.5, 0.6) is 0 Å². The van der Waals surface area contributed by atoms with Crippen LogP contribution in [0.25, 0.3) is 0 Å². The number of halogens is 1. The first-order valence-electron chi connectivity index (χ1n) is 7.42. The van der Waals surface area contributed by atoms with Gasteiger partial charge in [-0.25, -0.2) is 13.2 Å². The molecule has 0 saturated carbocycles. The second kappa shape index (κ2) is 7.68. The molecule has 0 aromatic heterocycles. The van der Waals surface area contributed by atoms with Crippen LogP contribution < -0.4 is 10.6 Å². The molecule has 2 rings (SSSR count). The van der Waals surface area contributed by atoms with Crippen LogP contribution in [0.1, 0.15) is 24.9 Å². The van der Waals surface area contributed by atoms with Crippen LogP contribution in [0, 0.1) is 0 Å². The van der Waals surface area contributed by atoms with Gasteiger partial charge in [-0.15, -0.1) is 0 Å². The molecule has 5 nitrogen and oxygen atoms in total. The molecule has 0 bridgehead atoms. The lowest BCUT2D eigenvalue weighted by Gasteiger charge is -2.18. The van der Waals surface area contributed by atoms with E-state index >= 15 is 0 Å². The highest BCUT2D eigenvalue weighted by molar-refractivity contribution is 7.90. The second-order valence-electron chi connectivity index (χ2n) is 5.41. The first kappa shape index (κ1) is 18.3. The second-order valence-corrected chi connectivity index (χ2v) is 7.86. The molecular weight excluding hydrogens is 348 g/mol. The number of benzene rings is 2. The van der Waals surface area contributed by atoms with Gasteiger partial charge in [0.2, 0.25) is 0 Å². The van der Waals surface area contributed by atoms with Crippen molar-refractivity contribution in [3.05, 3.63) is 59.1 Å². The summed E-state index contributed by atoms with van der Waals surface area (Å²) in [4.78, 5) is 12.4. The van der Waals surface area contributed by atoms with Crippen molar-refractivity contribution in [2.75, 3.05) is 11.6 Å². The fraction of sp³-hybridized carbons (Fsp3) is 0.235. The maximum Gasteiger partial charge on any atom is 0.319 e. The van der Waals surface area contributed by atoms with Crippen LogP contribution in [0.2, 0.25) is 5.02 Å². The van der Waals surface area contributed by atoms with Gasteiger partial charge in [0.25, 0.3) is 0 Å². The van der Waals surface area contributed by atoms with Crippen LogP contribution in [-0.2, 0) is 9.84 Å². The summed E-state index contributed by atoms with van der Waals surface area (Å²) in [6, 6.07) is 12.8. The highest BCUT2D eigenvalue weighted by Gasteiger charge is 2.14. The summed E-state index contributed by atoms with van der Waals surface area (Å²) < 4.78 is 23.0. The van der Waals surface area contributed by atoms with Crippen LogP contribution in [0.15, 0.2) is 53.4 Å². The quantitative estimate of drug-likeness (QED) is 0.839. The lowest BCUT2D eigenvalue weighted by molar-refractivity contribution is 0.248. The smallest absolute Gasteiger partial charge is 0.319 e. The van der Waals surface area contributed by atoms with E-state index in [-0.39, 0.29) is 17.0 Å². The summed E-state index contributed by atoms with van der Waals surface area (Å²) in [6.45, 7) is 1.94. The molecule has 0 aliphatic carbocycles. The largest absolute Gasteiger partial charge is 0.331 e. The number of urea groups is 1. The monoisotopic (exact) mass is 366 g/mol. The summed E-state index contributed by atoms with van der Waals surface area (Å²) in [5, 5.41) is 6.20. The van der Waals surface area contributed by atoms with Crippen LogP contribution in [0.3, 0.4) is 0 Å². The van der Waals surface area contributed by atoms with Crippen molar-refractivity contribution in [3.63, 3.8) is 0 Å². The Morgan fingerprint density at radius 3 is 2.17 bits per heavy atom. The number of sulfone groups is 1. The van der Waals surface area contributed by atoms with E-state index in [1.807, 2.05) is 6.92 Å². The van der Waals surface area contributed by atoms with E-state index in [9.17, 15) is 13.2 Å². The fourth-order valence-corrected chi connectivity index (χ4v) is 2.98. The van der Waals surface area contributed by atoms with Gasteiger partial charge in [0.1, 0.15) is 0 Å². The number of hydrogen-bond acceptors (Lipinski definition) is 3. The van der Waals surface area contributed by atoms with E-state index in [1.54, 1.807) is 48.5 Å². The highest BCUT2D eigenvalue weighted by Crippen LogP contribution is 2.20. The summed E-state index contributed by atoms with van der Waals surface area (Å²) in [7, 11) is -3.23. The Kier molecular flexibility index (Phi) is 5.85. The van der Waals surface area contributed by atoms with Crippen molar-refractivity contribution < 1.29 is 13.2 Å². The molecule has 0 radical (unpaired) electrons.